The minimum absolute atomic E-state index is 0.134. The molecule has 2 aliphatic rings. The van der Waals surface area contributed by atoms with Gasteiger partial charge >= 0.3 is 6.09 Å². The molecule has 3 aromatic carbocycles. The van der Waals surface area contributed by atoms with E-state index in [9.17, 15) is 14.7 Å². The number of nitrogens with one attached hydrogen (secondary N) is 1. The van der Waals surface area contributed by atoms with Gasteiger partial charge in [0.2, 0.25) is 0 Å². The molecule has 1 saturated carbocycles. The van der Waals surface area contributed by atoms with Gasteiger partial charge in [-0.25, -0.2) is 4.79 Å². The van der Waals surface area contributed by atoms with E-state index in [-0.39, 0.29) is 30.6 Å². The number of carbonyl (C=O) groups excluding carboxylic acids is 2. The summed E-state index contributed by atoms with van der Waals surface area (Å²) in [6, 6.07) is 19.6. The summed E-state index contributed by atoms with van der Waals surface area (Å²) in [5.74, 6) is 0.409. The molecule has 0 radical (unpaired) electrons. The Bertz CT molecular complexity index is 1350. The van der Waals surface area contributed by atoms with Gasteiger partial charge in [0, 0.05) is 5.56 Å². The normalized spacial score (nSPS) is 20.3. The molecular weight excluding hydrogens is 480 g/mol. The highest BCUT2D eigenvalue weighted by atomic mass is 16.6. The van der Waals surface area contributed by atoms with Crippen LogP contribution in [0.1, 0.15) is 61.5 Å². The van der Waals surface area contributed by atoms with Crippen LogP contribution >= 0.6 is 0 Å². The van der Waals surface area contributed by atoms with Crippen LogP contribution in [0.15, 0.2) is 60.7 Å². The lowest BCUT2D eigenvalue weighted by Crippen LogP contribution is -2.42. The van der Waals surface area contributed by atoms with E-state index in [1.165, 1.54) is 4.90 Å². The van der Waals surface area contributed by atoms with E-state index < -0.39 is 17.8 Å². The van der Waals surface area contributed by atoms with Crippen molar-refractivity contribution >= 4 is 22.8 Å². The number of benzene rings is 3. The molecule has 2 N–H and O–H groups in total. The molecule has 0 unspecified atom stereocenters. The van der Waals surface area contributed by atoms with Crippen molar-refractivity contribution in [1.82, 2.24) is 10.2 Å². The lowest BCUT2D eigenvalue weighted by molar-refractivity contribution is 0.0173. The molecule has 7 heteroatoms. The highest BCUT2D eigenvalue weighted by Gasteiger charge is 2.46. The quantitative estimate of drug-likeness (QED) is 0.463. The number of nitrogens with zero attached hydrogens (tertiary/aromatic N) is 1. The number of β-amino-alcohol motifs (C(OH)–C–C–N with tert-alkyl or cyclic N) is 1. The monoisotopic (exact) mass is 516 g/mol. The highest BCUT2D eigenvalue weighted by molar-refractivity contribution is 5.97. The lowest BCUT2D eigenvalue weighted by atomic mass is 9.96. The Morgan fingerprint density at radius 2 is 1.82 bits per heavy atom. The number of fused-ring (bicyclic) bond motifs is 1. The summed E-state index contributed by atoms with van der Waals surface area (Å²) in [7, 11) is 0. The Kier molecular flexibility index (Phi) is 6.82. The van der Waals surface area contributed by atoms with E-state index in [1.807, 2.05) is 58.0 Å². The summed E-state index contributed by atoms with van der Waals surface area (Å²) in [6.45, 7) is 7.75. The first-order chi connectivity index (χ1) is 18.0. The molecule has 0 bridgehead atoms. The number of carbonyl (C=O) groups is 2. The molecule has 1 heterocycles. The van der Waals surface area contributed by atoms with Crippen LogP contribution in [0.3, 0.4) is 0 Å². The van der Waals surface area contributed by atoms with Gasteiger partial charge in [-0.1, -0.05) is 48.5 Å². The van der Waals surface area contributed by atoms with E-state index in [4.69, 9.17) is 9.47 Å². The van der Waals surface area contributed by atoms with Crippen LogP contribution in [0.5, 0.6) is 5.75 Å². The smallest absolute Gasteiger partial charge is 0.410 e. The van der Waals surface area contributed by atoms with E-state index in [2.05, 4.69) is 29.6 Å². The fourth-order valence-electron chi connectivity index (χ4n) is 5.24. The maximum Gasteiger partial charge on any atom is 0.410 e. The fraction of sp³-hybridized carbons (Fsp3) is 0.419. The van der Waals surface area contributed by atoms with E-state index >= 15 is 0 Å². The summed E-state index contributed by atoms with van der Waals surface area (Å²) in [5.41, 5.74) is 1.57. The minimum atomic E-state index is -0.626. The first-order valence-electron chi connectivity index (χ1n) is 13.3. The predicted molar refractivity (Wildman–Crippen MR) is 146 cm³/mol. The molecule has 0 aromatic heterocycles. The average Bonchev–Trinajstić information content (AvgIpc) is 3.54. The second-order valence-electron chi connectivity index (χ2n) is 11.5. The first-order valence-corrected chi connectivity index (χ1v) is 13.3. The van der Waals surface area contributed by atoms with Gasteiger partial charge in [0.25, 0.3) is 5.91 Å². The number of rotatable bonds is 6. The molecule has 0 spiro atoms. The Hall–Kier alpha value is -3.58. The third-order valence-electron chi connectivity index (χ3n) is 7.32. The Morgan fingerprint density at radius 3 is 2.55 bits per heavy atom. The second-order valence-corrected chi connectivity index (χ2v) is 11.5. The fourth-order valence-corrected chi connectivity index (χ4v) is 5.24. The first kappa shape index (κ1) is 26.0. The maximum atomic E-state index is 13.5. The van der Waals surface area contributed by atoms with Gasteiger partial charge in [0.05, 0.1) is 24.2 Å². The van der Waals surface area contributed by atoms with Gasteiger partial charge < -0.3 is 19.9 Å². The molecule has 2 atom stereocenters. The van der Waals surface area contributed by atoms with Crippen molar-refractivity contribution in [2.45, 2.75) is 70.2 Å². The Morgan fingerprint density at radius 1 is 1.08 bits per heavy atom. The molecule has 1 aliphatic heterocycles. The van der Waals surface area contributed by atoms with Crippen LogP contribution in [-0.4, -0.2) is 52.9 Å². The van der Waals surface area contributed by atoms with Crippen molar-refractivity contribution in [2.75, 3.05) is 13.2 Å². The molecule has 38 heavy (non-hydrogen) atoms. The zero-order valence-corrected chi connectivity index (χ0v) is 22.5. The summed E-state index contributed by atoms with van der Waals surface area (Å²) in [5, 5.41) is 15.8. The molecule has 2 amide bonds. The molecule has 200 valence electrons. The second kappa shape index (κ2) is 9.95. The Labute approximate surface area is 223 Å². The van der Waals surface area contributed by atoms with Crippen LogP contribution in [0.4, 0.5) is 4.79 Å². The third kappa shape index (κ3) is 5.48. The summed E-state index contributed by atoms with van der Waals surface area (Å²) >= 11 is 0. The van der Waals surface area contributed by atoms with Gasteiger partial charge in [-0.05, 0) is 81.0 Å². The maximum absolute atomic E-state index is 13.5. The van der Waals surface area contributed by atoms with Crippen molar-refractivity contribution < 1.29 is 24.2 Å². The molecular formula is C31H36N2O5. The average molecular weight is 517 g/mol. The summed E-state index contributed by atoms with van der Waals surface area (Å²) < 4.78 is 11.5. The number of hydrogen-bond donors (Lipinski definition) is 2. The summed E-state index contributed by atoms with van der Waals surface area (Å²) in [4.78, 5) is 27.7. The van der Waals surface area contributed by atoms with Crippen LogP contribution in [0.25, 0.3) is 10.8 Å². The van der Waals surface area contributed by atoms with Gasteiger partial charge in [-0.15, -0.1) is 0 Å². The van der Waals surface area contributed by atoms with Crippen molar-refractivity contribution in [2.24, 2.45) is 0 Å². The number of likely N-dealkylation sites (tertiary alicyclic amines) is 1. The van der Waals surface area contributed by atoms with Crippen molar-refractivity contribution in [1.29, 1.82) is 0 Å². The van der Waals surface area contributed by atoms with E-state index in [1.54, 1.807) is 6.07 Å². The molecule has 1 saturated heterocycles. The van der Waals surface area contributed by atoms with Crippen molar-refractivity contribution in [3.8, 4) is 5.75 Å². The number of aryl methyl sites for hydroxylation is 1. The highest BCUT2D eigenvalue weighted by Crippen LogP contribution is 2.48. The number of amides is 2. The summed E-state index contributed by atoms with van der Waals surface area (Å²) in [6.07, 6.45) is 1.11. The zero-order valence-electron chi connectivity index (χ0n) is 22.5. The minimum Gasteiger partial charge on any atom is -0.491 e. The number of ether oxygens (including phenoxy) is 2. The lowest BCUT2D eigenvalue weighted by Gasteiger charge is -2.28. The molecule has 1 aliphatic carbocycles. The van der Waals surface area contributed by atoms with Gasteiger partial charge in [0.1, 0.15) is 18.0 Å². The van der Waals surface area contributed by atoms with Gasteiger partial charge in [0.15, 0.2) is 0 Å². The van der Waals surface area contributed by atoms with E-state index in [0.717, 1.165) is 34.7 Å². The third-order valence-corrected chi connectivity index (χ3v) is 7.32. The van der Waals surface area contributed by atoms with Crippen LogP contribution < -0.4 is 10.1 Å². The SMILES string of the molecule is Cc1ccc(OC[C@H]2C[C@H](O)CN2C(=O)OC(C)(C)C)cc1C(=O)NC1(c2cccc3ccccc23)CC1. The van der Waals surface area contributed by atoms with Gasteiger partial charge in [-0.3, -0.25) is 9.69 Å². The standard InChI is InChI=1S/C31H36N2O5/c1-20-12-13-24(37-19-22-16-23(34)18-33(22)29(36)38-30(2,3)4)17-26(20)28(35)32-31(14-15-31)27-11-7-9-21-8-5-6-10-25(21)27/h5-13,17,22-23,34H,14-16,18-19H2,1-4H3,(H,32,35)/t22-,23+/m1/s1. The van der Waals surface area contributed by atoms with E-state index in [0.29, 0.717) is 17.7 Å². The van der Waals surface area contributed by atoms with Gasteiger partial charge in [-0.2, -0.15) is 0 Å². The number of hydrogen-bond acceptors (Lipinski definition) is 5. The van der Waals surface area contributed by atoms with Crippen molar-refractivity contribution in [3.05, 3.63) is 77.4 Å². The van der Waals surface area contributed by atoms with Crippen LogP contribution in [0.2, 0.25) is 0 Å². The Balaban J connectivity index is 1.29. The molecule has 3 aromatic rings. The van der Waals surface area contributed by atoms with Crippen LogP contribution in [0, 0.1) is 6.92 Å². The molecule has 5 rings (SSSR count). The molecule has 7 nitrogen and oxygen atoms in total. The predicted octanol–water partition coefficient (Wildman–Crippen LogP) is 5.32. The number of aliphatic hydroxyl groups is 1. The largest absolute Gasteiger partial charge is 0.491 e. The van der Waals surface area contributed by atoms with Crippen LogP contribution in [-0.2, 0) is 10.3 Å². The topological polar surface area (TPSA) is 88.1 Å². The zero-order chi connectivity index (χ0) is 27.1. The van der Waals surface area contributed by atoms with Crippen molar-refractivity contribution in [3.63, 3.8) is 0 Å². The molecule has 2 fully saturated rings. The number of aliphatic hydroxyl groups excluding tert-OH is 1.